The zero-order valence-electron chi connectivity index (χ0n) is 24.7. The van der Waals surface area contributed by atoms with Crippen LogP contribution < -0.4 is 14.5 Å². The molecule has 3 aliphatic rings. The van der Waals surface area contributed by atoms with E-state index in [-0.39, 0.29) is 0 Å². The molecule has 0 saturated carbocycles. The molecule has 0 fully saturated rings. The van der Waals surface area contributed by atoms with Crippen molar-refractivity contribution in [3.05, 3.63) is 180 Å². The van der Waals surface area contributed by atoms with E-state index in [0.717, 1.165) is 68.1 Å². The highest BCUT2D eigenvalue weighted by atomic mass is 16.5. The SMILES string of the molecule is c1ccc(N2c3ccccc3C3(c4cc(N5c6ccccc6Oc6ccccc65)ccc42)c2cccnc2-c2ncccc23)cc1. The van der Waals surface area contributed by atoms with Crippen LogP contribution in [0.2, 0.25) is 0 Å². The number of nitrogens with zero attached hydrogens (tertiary/aromatic N) is 4. The highest BCUT2D eigenvalue weighted by Crippen LogP contribution is 2.63. The molecule has 2 aliphatic heterocycles. The molecule has 0 N–H and O–H groups in total. The number of ether oxygens (including phenoxy) is 1. The summed E-state index contributed by atoms with van der Waals surface area (Å²) in [6, 6.07) is 51.4. The van der Waals surface area contributed by atoms with Crippen LogP contribution in [-0.4, -0.2) is 9.97 Å². The Morgan fingerprint density at radius 3 is 1.61 bits per heavy atom. The quantitative estimate of drug-likeness (QED) is 0.200. The van der Waals surface area contributed by atoms with Crippen molar-refractivity contribution in [3.8, 4) is 22.9 Å². The molecule has 5 aromatic carbocycles. The van der Waals surface area contributed by atoms with Gasteiger partial charge in [-0.05, 0) is 95.1 Å². The van der Waals surface area contributed by atoms with Crippen molar-refractivity contribution in [3.63, 3.8) is 0 Å². The van der Waals surface area contributed by atoms with Crippen molar-refractivity contribution >= 4 is 34.1 Å². The summed E-state index contributed by atoms with van der Waals surface area (Å²) in [5.41, 5.74) is 12.3. The maximum absolute atomic E-state index is 6.38. The van der Waals surface area contributed by atoms with Crippen molar-refractivity contribution in [2.75, 3.05) is 9.80 Å². The first kappa shape index (κ1) is 25.2. The van der Waals surface area contributed by atoms with Crippen LogP contribution in [0, 0.1) is 0 Å². The number of hydrogen-bond donors (Lipinski definition) is 0. The Morgan fingerprint density at radius 2 is 0.935 bits per heavy atom. The molecular formula is C41H26N4O. The number of benzene rings is 5. The maximum atomic E-state index is 6.38. The van der Waals surface area contributed by atoms with E-state index in [9.17, 15) is 0 Å². The Labute approximate surface area is 266 Å². The average molecular weight is 591 g/mol. The third-order valence-electron chi connectivity index (χ3n) is 9.53. The summed E-state index contributed by atoms with van der Waals surface area (Å²) in [6.07, 6.45) is 3.75. The molecular weight excluding hydrogens is 564 g/mol. The summed E-state index contributed by atoms with van der Waals surface area (Å²) in [6.45, 7) is 0. The molecule has 10 rings (SSSR count). The van der Waals surface area contributed by atoms with E-state index in [2.05, 4.69) is 131 Å². The third kappa shape index (κ3) is 3.23. The summed E-state index contributed by atoms with van der Waals surface area (Å²) in [7, 11) is 0. The topological polar surface area (TPSA) is 41.5 Å². The number of anilines is 6. The van der Waals surface area contributed by atoms with Crippen molar-refractivity contribution in [2.45, 2.75) is 5.41 Å². The normalized spacial score (nSPS) is 14.3. The number of fused-ring (bicyclic) bond motifs is 11. The van der Waals surface area contributed by atoms with E-state index in [1.165, 1.54) is 11.1 Å². The maximum Gasteiger partial charge on any atom is 0.151 e. The first-order valence-electron chi connectivity index (χ1n) is 15.5. The molecule has 5 heteroatoms. The summed E-state index contributed by atoms with van der Waals surface area (Å²) in [5, 5.41) is 0. The van der Waals surface area contributed by atoms with E-state index in [1.807, 2.05) is 36.7 Å². The van der Waals surface area contributed by atoms with Crippen LogP contribution in [-0.2, 0) is 5.41 Å². The minimum absolute atomic E-state index is 0.633. The van der Waals surface area contributed by atoms with Gasteiger partial charge in [-0.15, -0.1) is 0 Å². The lowest BCUT2D eigenvalue weighted by molar-refractivity contribution is 0.477. The van der Waals surface area contributed by atoms with Gasteiger partial charge >= 0.3 is 0 Å². The van der Waals surface area contributed by atoms with Gasteiger partial charge in [-0.3, -0.25) is 9.97 Å². The molecule has 46 heavy (non-hydrogen) atoms. The molecule has 0 atom stereocenters. The van der Waals surface area contributed by atoms with Gasteiger partial charge in [0.1, 0.15) is 0 Å². The smallest absolute Gasteiger partial charge is 0.151 e. The van der Waals surface area contributed by atoms with Crippen LogP contribution in [0.4, 0.5) is 34.1 Å². The molecule has 1 spiro atoms. The Balaban J connectivity index is 1.33. The lowest BCUT2D eigenvalue weighted by Crippen LogP contribution is -2.36. The number of para-hydroxylation sites is 6. The highest BCUT2D eigenvalue weighted by Gasteiger charge is 2.53. The van der Waals surface area contributed by atoms with Gasteiger partial charge < -0.3 is 14.5 Å². The fraction of sp³-hybridized carbons (Fsp3) is 0.0244. The van der Waals surface area contributed by atoms with E-state index in [4.69, 9.17) is 14.7 Å². The lowest BCUT2D eigenvalue weighted by Gasteiger charge is -2.45. The van der Waals surface area contributed by atoms with Crippen molar-refractivity contribution < 1.29 is 4.74 Å². The molecule has 216 valence electrons. The zero-order valence-corrected chi connectivity index (χ0v) is 24.7. The van der Waals surface area contributed by atoms with Crippen molar-refractivity contribution in [1.29, 1.82) is 0 Å². The van der Waals surface area contributed by atoms with Crippen LogP contribution in [0.5, 0.6) is 11.5 Å². The fourth-order valence-electron chi connectivity index (χ4n) is 7.78. The first-order valence-corrected chi connectivity index (χ1v) is 15.5. The van der Waals surface area contributed by atoms with Gasteiger partial charge in [-0.25, -0.2) is 0 Å². The fourth-order valence-corrected chi connectivity index (χ4v) is 7.78. The molecule has 0 saturated heterocycles. The predicted molar refractivity (Wildman–Crippen MR) is 182 cm³/mol. The Hall–Kier alpha value is -6.20. The minimum atomic E-state index is -0.633. The number of pyridine rings is 2. The van der Waals surface area contributed by atoms with E-state index >= 15 is 0 Å². The number of hydrogen-bond acceptors (Lipinski definition) is 5. The first-order chi connectivity index (χ1) is 22.8. The minimum Gasteiger partial charge on any atom is -0.453 e. The Kier molecular flexibility index (Phi) is 5.14. The monoisotopic (exact) mass is 590 g/mol. The van der Waals surface area contributed by atoms with Crippen molar-refractivity contribution in [2.24, 2.45) is 0 Å². The van der Waals surface area contributed by atoms with Crippen molar-refractivity contribution in [1.82, 2.24) is 9.97 Å². The molecule has 2 aromatic heterocycles. The van der Waals surface area contributed by atoms with Crippen LogP contribution in [0.25, 0.3) is 11.4 Å². The molecule has 7 aromatic rings. The summed E-state index contributed by atoms with van der Waals surface area (Å²) < 4.78 is 6.38. The third-order valence-corrected chi connectivity index (χ3v) is 9.53. The lowest BCUT2D eigenvalue weighted by atomic mass is 9.65. The van der Waals surface area contributed by atoms with Gasteiger partial charge in [-0.1, -0.05) is 72.8 Å². The van der Waals surface area contributed by atoms with Gasteiger partial charge in [0.25, 0.3) is 0 Å². The molecule has 1 aliphatic carbocycles. The van der Waals surface area contributed by atoms with E-state index in [1.54, 1.807) is 0 Å². The molecule has 5 nitrogen and oxygen atoms in total. The largest absolute Gasteiger partial charge is 0.453 e. The van der Waals surface area contributed by atoms with E-state index in [0.29, 0.717) is 0 Å². The van der Waals surface area contributed by atoms with Gasteiger partial charge in [-0.2, -0.15) is 0 Å². The average Bonchev–Trinajstić information content (AvgIpc) is 3.42. The molecule has 0 radical (unpaired) electrons. The van der Waals surface area contributed by atoms with Crippen LogP contribution in [0.1, 0.15) is 22.3 Å². The second-order valence-corrected chi connectivity index (χ2v) is 11.8. The Bertz CT molecular complexity index is 2240. The van der Waals surface area contributed by atoms with Gasteiger partial charge in [0, 0.05) is 23.8 Å². The van der Waals surface area contributed by atoms with Gasteiger partial charge in [0.15, 0.2) is 11.5 Å². The predicted octanol–water partition coefficient (Wildman–Crippen LogP) is 10.2. The highest BCUT2D eigenvalue weighted by molar-refractivity contribution is 5.96. The molecule has 0 unspecified atom stereocenters. The second kappa shape index (κ2) is 9.40. The summed E-state index contributed by atoms with van der Waals surface area (Å²) >= 11 is 0. The molecule has 0 amide bonds. The zero-order chi connectivity index (χ0) is 30.2. The summed E-state index contributed by atoms with van der Waals surface area (Å²) in [4.78, 5) is 14.6. The van der Waals surface area contributed by atoms with Crippen LogP contribution in [0.15, 0.2) is 158 Å². The second-order valence-electron chi connectivity index (χ2n) is 11.8. The molecule has 0 bridgehead atoms. The van der Waals surface area contributed by atoms with Gasteiger partial charge in [0.05, 0.1) is 39.6 Å². The van der Waals surface area contributed by atoms with E-state index < -0.39 is 5.41 Å². The Morgan fingerprint density at radius 1 is 0.413 bits per heavy atom. The summed E-state index contributed by atoms with van der Waals surface area (Å²) in [5.74, 6) is 1.66. The standard InChI is InChI=1S/C41H26N4O/c1-2-12-27(13-3-1)44-33-17-5-4-14-29(33)41(30-15-10-24-42-39(30)40-31(41)16-11-25-43-40)32-26-28(22-23-34(32)44)45-35-18-6-8-20-37(35)46-38-21-9-7-19-36(38)45/h1-26H. The molecule has 4 heterocycles. The number of aromatic nitrogens is 2. The van der Waals surface area contributed by atoms with Crippen LogP contribution in [0.3, 0.4) is 0 Å². The number of rotatable bonds is 2. The van der Waals surface area contributed by atoms with Gasteiger partial charge in [0.2, 0.25) is 0 Å². The van der Waals surface area contributed by atoms with Crippen LogP contribution >= 0.6 is 0 Å².